The Bertz CT molecular complexity index is 1260. The number of carbonyl (C=O) groups is 2. The number of benzene rings is 2. The van der Waals surface area contributed by atoms with Crippen molar-refractivity contribution in [1.82, 2.24) is 10.3 Å². The lowest BCUT2D eigenvalue weighted by molar-refractivity contribution is -0.139. The Balaban J connectivity index is 1.76. The van der Waals surface area contributed by atoms with Gasteiger partial charge >= 0.3 is 5.97 Å². The van der Waals surface area contributed by atoms with Crippen LogP contribution in [0.25, 0.3) is 11.1 Å². The van der Waals surface area contributed by atoms with Crippen LogP contribution < -0.4 is 10.1 Å². The fourth-order valence-electron chi connectivity index (χ4n) is 5.32. The summed E-state index contributed by atoms with van der Waals surface area (Å²) in [4.78, 5) is 29.8. The van der Waals surface area contributed by atoms with Crippen molar-refractivity contribution in [2.75, 3.05) is 12.0 Å². The molecule has 7 heteroatoms. The second kappa shape index (κ2) is 14.2. The second-order valence-electron chi connectivity index (χ2n) is 10.3. The van der Waals surface area contributed by atoms with Crippen molar-refractivity contribution < 1.29 is 19.4 Å². The zero-order valence-corrected chi connectivity index (χ0v) is 23.6. The predicted octanol–water partition coefficient (Wildman–Crippen LogP) is 6.69. The molecule has 2 aromatic carbocycles. The molecule has 1 aliphatic carbocycles. The summed E-state index contributed by atoms with van der Waals surface area (Å²) in [6.45, 7) is 2.39. The number of carboxylic acid groups (broad SMARTS) is 1. The van der Waals surface area contributed by atoms with Gasteiger partial charge in [-0.25, -0.2) is 4.79 Å². The molecule has 0 saturated heterocycles. The summed E-state index contributed by atoms with van der Waals surface area (Å²) in [5.74, 6) is 0.535. The number of nitrogens with zero attached hydrogens (tertiary/aromatic N) is 1. The number of aliphatic carboxylic acids is 1. The van der Waals surface area contributed by atoms with Crippen molar-refractivity contribution in [1.29, 1.82) is 0 Å². The molecule has 1 amide bonds. The van der Waals surface area contributed by atoms with Gasteiger partial charge in [-0.15, -0.1) is 0 Å². The zero-order chi connectivity index (χ0) is 27.6. The number of rotatable bonds is 12. The number of ether oxygens (including phenoxy) is 1. The van der Waals surface area contributed by atoms with E-state index in [4.69, 9.17) is 4.74 Å². The van der Waals surface area contributed by atoms with Crippen LogP contribution in [0, 0.1) is 12.8 Å². The van der Waals surface area contributed by atoms with Crippen LogP contribution >= 0.6 is 11.8 Å². The van der Waals surface area contributed by atoms with Crippen LogP contribution in [0.4, 0.5) is 0 Å². The normalized spacial score (nSPS) is 14.5. The fourth-order valence-corrected chi connectivity index (χ4v) is 5.80. The molecule has 4 rings (SSSR count). The number of hydrogen-bond acceptors (Lipinski definition) is 5. The van der Waals surface area contributed by atoms with Gasteiger partial charge in [0.2, 0.25) is 0 Å². The van der Waals surface area contributed by atoms with Crippen molar-refractivity contribution in [3.05, 3.63) is 83.2 Å². The number of carbonyl (C=O) groups excluding carboxylic acids is 1. The van der Waals surface area contributed by atoms with Gasteiger partial charge in [-0.05, 0) is 89.8 Å². The maximum Gasteiger partial charge on any atom is 0.326 e. The van der Waals surface area contributed by atoms with Gasteiger partial charge in [0.05, 0.1) is 6.20 Å². The summed E-state index contributed by atoms with van der Waals surface area (Å²) in [7, 11) is 0. The van der Waals surface area contributed by atoms with Gasteiger partial charge in [-0.3, -0.25) is 9.78 Å². The molecule has 0 bridgehead atoms. The highest BCUT2D eigenvalue weighted by atomic mass is 32.2. The fraction of sp³-hybridized carbons (Fsp3) is 0.406. The van der Waals surface area contributed by atoms with Crippen LogP contribution in [0.15, 0.2) is 60.9 Å². The third-order valence-electron chi connectivity index (χ3n) is 7.50. The van der Waals surface area contributed by atoms with E-state index in [1.165, 1.54) is 32.1 Å². The molecule has 6 nitrogen and oxygen atoms in total. The zero-order valence-electron chi connectivity index (χ0n) is 22.8. The van der Waals surface area contributed by atoms with Crippen LogP contribution in [0.3, 0.4) is 0 Å². The quantitative estimate of drug-likeness (QED) is 0.263. The summed E-state index contributed by atoms with van der Waals surface area (Å²) >= 11 is 1.57. The maximum absolute atomic E-state index is 13.7. The molecule has 1 heterocycles. The van der Waals surface area contributed by atoms with Crippen LogP contribution in [0.2, 0.25) is 0 Å². The molecule has 1 aromatic heterocycles. The second-order valence-corrected chi connectivity index (χ2v) is 11.3. The molecule has 0 aliphatic heterocycles. The van der Waals surface area contributed by atoms with Gasteiger partial charge in [-0.2, -0.15) is 11.8 Å². The lowest BCUT2D eigenvalue weighted by atomic mass is 9.82. The molecule has 206 valence electrons. The number of aryl methyl sites for hydroxylation is 1. The number of nitrogens with one attached hydrogen (secondary N) is 1. The third kappa shape index (κ3) is 7.85. The molecular weight excluding hydrogens is 508 g/mol. The van der Waals surface area contributed by atoms with E-state index >= 15 is 0 Å². The summed E-state index contributed by atoms with van der Waals surface area (Å²) in [5, 5.41) is 12.6. The van der Waals surface area contributed by atoms with E-state index in [2.05, 4.69) is 16.4 Å². The minimum Gasteiger partial charge on any atom is -0.487 e. The average molecular weight is 547 g/mol. The first-order chi connectivity index (χ1) is 19.0. The monoisotopic (exact) mass is 546 g/mol. The maximum atomic E-state index is 13.7. The van der Waals surface area contributed by atoms with Crippen molar-refractivity contribution in [3.63, 3.8) is 0 Å². The highest BCUT2D eigenvalue weighted by molar-refractivity contribution is 7.98. The average Bonchev–Trinajstić information content (AvgIpc) is 2.95. The number of pyridine rings is 1. The summed E-state index contributed by atoms with van der Waals surface area (Å²) < 4.78 is 6.14. The Labute approximate surface area is 235 Å². The van der Waals surface area contributed by atoms with E-state index in [1.807, 2.05) is 55.6 Å². The highest BCUT2D eigenvalue weighted by Crippen LogP contribution is 2.34. The number of amides is 1. The first-order valence-corrected chi connectivity index (χ1v) is 15.1. The van der Waals surface area contributed by atoms with Crippen LogP contribution in [-0.4, -0.2) is 40.0 Å². The number of carboxylic acids is 1. The summed E-state index contributed by atoms with van der Waals surface area (Å²) in [6.07, 6.45) is 12.7. The largest absolute Gasteiger partial charge is 0.487 e. The van der Waals surface area contributed by atoms with Crippen LogP contribution in [-0.2, 0) is 17.8 Å². The lowest BCUT2D eigenvalue weighted by Crippen LogP contribution is -2.41. The first-order valence-electron chi connectivity index (χ1n) is 13.7. The smallest absolute Gasteiger partial charge is 0.326 e. The summed E-state index contributed by atoms with van der Waals surface area (Å²) in [6, 6.07) is 14.8. The Hall–Kier alpha value is -3.32. The van der Waals surface area contributed by atoms with Crippen molar-refractivity contribution >= 4 is 23.6 Å². The summed E-state index contributed by atoms with van der Waals surface area (Å²) in [5.41, 5.74) is 5.42. The molecule has 0 unspecified atom stereocenters. The van der Waals surface area contributed by atoms with E-state index in [-0.39, 0.29) is 5.91 Å². The SMILES string of the molecule is CSCC[C@H](NC(=O)c1cc(CC2CCCCC2)c(COc2cccnc2)cc1-c1ccccc1C)C(=O)O. The predicted molar refractivity (Wildman–Crippen MR) is 157 cm³/mol. The molecule has 0 spiro atoms. The Morgan fingerprint density at radius 2 is 1.87 bits per heavy atom. The Morgan fingerprint density at radius 1 is 1.08 bits per heavy atom. The van der Waals surface area contributed by atoms with Crippen molar-refractivity contribution in [3.8, 4) is 16.9 Å². The van der Waals surface area contributed by atoms with Crippen molar-refractivity contribution in [2.24, 2.45) is 5.92 Å². The Morgan fingerprint density at radius 3 is 2.56 bits per heavy atom. The van der Waals surface area contributed by atoms with E-state index in [0.29, 0.717) is 36.0 Å². The molecule has 1 fully saturated rings. The van der Waals surface area contributed by atoms with E-state index in [1.54, 1.807) is 24.2 Å². The minimum atomic E-state index is -1.02. The van der Waals surface area contributed by atoms with Gasteiger partial charge < -0.3 is 15.2 Å². The van der Waals surface area contributed by atoms with Gasteiger partial charge in [0.1, 0.15) is 18.4 Å². The Kier molecular flexibility index (Phi) is 10.4. The molecular formula is C32H38N2O4S. The standard InChI is InChI=1S/C32H38N2O4S/c1-22-9-6-7-13-27(22)28-19-25(21-38-26-12-8-15-33-20-26)24(17-23-10-4-3-5-11-23)18-29(28)31(35)34-30(32(36)37)14-16-39-2/h6-9,12-13,15,18-20,23,30H,3-5,10-11,14,16-17,21H2,1-2H3,(H,34,35)(H,36,37)/t30-/m0/s1. The van der Waals surface area contributed by atoms with Crippen LogP contribution in [0.1, 0.15) is 65.6 Å². The van der Waals surface area contributed by atoms with Gasteiger partial charge in [0.15, 0.2) is 0 Å². The molecule has 0 radical (unpaired) electrons. The van der Waals surface area contributed by atoms with Crippen LogP contribution in [0.5, 0.6) is 5.75 Å². The third-order valence-corrected chi connectivity index (χ3v) is 8.14. The minimum absolute atomic E-state index is 0.355. The molecule has 2 N–H and O–H groups in total. The van der Waals surface area contributed by atoms with E-state index in [9.17, 15) is 14.7 Å². The van der Waals surface area contributed by atoms with E-state index in [0.717, 1.165) is 34.2 Å². The van der Waals surface area contributed by atoms with Gasteiger partial charge in [0.25, 0.3) is 5.91 Å². The first kappa shape index (κ1) is 28.7. The van der Waals surface area contributed by atoms with Gasteiger partial charge in [0, 0.05) is 11.8 Å². The molecule has 1 aliphatic rings. The molecule has 1 atom stereocenters. The molecule has 39 heavy (non-hydrogen) atoms. The molecule has 3 aromatic rings. The lowest BCUT2D eigenvalue weighted by Gasteiger charge is -2.25. The van der Waals surface area contributed by atoms with Gasteiger partial charge in [-0.1, -0.05) is 56.4 Å². The van der Waals surface area contributed by atoms with Crippen molar-refractivity contribution in [2.45, 2.75) is 64.5 Å². The molecule has 1 saturated carbocycles. The number of thioether (sulfide) groups is 1. The van der Waals surface area contributed by atoms with E-state index < -0.39 is 12.0 Å². The highest BCUT2D eigenvalue weighted by Gasteiger charge is 2.25. The topological polar surface area (TPSA) is 88.5 Å². The number of hydrogen-bond donors (Lipinski definition) is 2. The number of aromatic nitrogens is 1.